The smallest absolute Gasteiger partial charge is 0.307 e. The van der Waals surface area contributed by atoms with Crippen molar-refractivity contribution in [3.05, 3.63) is 34.9 Å². The second-order valence-electron chi connectivity index (χ2n) is 9.18. The molecule has 0 aliphatic heterocycles. The van der Waals surface area contributed by atoms with Crippen molar-refractivity contribution in [3.8, 4) is 0 Å². The van der Waals surface area contributed by atoms with Crippen molar-refractivity contribution < 1.29 is 9.90 Å². The van der Waals surface area contributed by atoms with Gasteiger partial charge in [-0.15, -0.1) is 0 Å². The summed E-state index contributed by atoms with van der Waals surface area (Å²) < 4.78 is 0. The summed E-state index contributed by atoms with van der Waals surface area (Å²) in [6.07, 6.45) is 23.7. The van der Waals surface area contributed by atoms with Crippen LogP contribution in [0.5, 0.6) is 0 Å². The van der Waals surface area contributed by atoms with Gasteiger partial charge in [-0.25, -0.2) is 0 Å². The van der Waals surface area contributed by atoms with E-state index in [0.29, 0.717) is 0 Å². The summed E-state index contributed by atoms with van der Waals surface area (Å²) in [5.74, 6) is -0.725. The molecule has 0 aromatic heterocycles. The number of carbonyl (C=O) groups is 1. The first kappa shape index (κ1) is 26.7. The molecule has 0 saturated heterocycles. The first-order chi connectivity index (χ1) is 14.7. The number of rotatable bonds is 20. The molecule has 0 bridgehead atoms. The van der Waals surface area contributed by atoms with E-state index in [2.05, 4.69) is 32.0 Å². The Morgan fingerprint density at radius 3 is 1.27 bits per heavy atom. The second-order valence-corrected chi connectivity index (χ2v) is 9.18. The first-order valence-electron chi connectivity index (χ1n) is 13.0. The zero-order valence-corrected chi connectivity index (χ0v) is 20.0. The molecule has 0 fully saturated rings. The third-order valence-corrected chi connectivity index (χ3v) is 6.11. The average molecular weight is 417 g/mol. The maximum Gasteiger partial charge on any atom is 0.307 e. The Balaban J connectivity index is 2.37. The van der Waals surface area contributed by atoms with Crippen molar-refractivity contribution in [2.45, 2.75) is 136 Å². The largest absolute Gasteiger partial charge is 0.481 e. The number of unbranched alkanes of at least 4 members (excludes halogenated alkanes) is 14. The Hall–Kier alpha value is -1.31. The van der Waals surface area contributed by atoms with E-state index in [4.69, 9.17) is 0 Å². The Labute approximate surface area is 186 Å². The number of carboxylic acid groups (broad SMARTS) is 1. The summed E-state index contributed by atoms with van der Waals surface area (Å²) in [6, 6.07) is 6.60. The van der Waals surface area contributed by atoms with Gasteiger partial charge in [-0.05, 0) is 42.4 Å². The summed E-state index contributed by atoms with van der Waals surface area (Å²) in [7, 11) is 0. The number of carboxylic acids is 1. The summed E-state index contributed by atoms with van der Waals surface area (Å²) in [5, 5.41) is 9.22. The molecule has 0 aliphatic rings. The number of aryl methyl sites for hydroxylation is 2. The minimum atomic E-state index is -0.725. The zero-order chi connectivity index (χ0) is 21.9. The van der Waals surface area contributed by atoms with Crippen molar-refractivity contribution in [3.63, 3.8) is 0 Å². The van der Waals surface area contributed by atoms with E-state index in [9.17, 15) is 9.90 Å². The molecular formula is C28H48O2. The predicted octanol–water partition coefficient (Wildman–Crippen LogP) is 8.68. The monoisotopic (exact) mass is 416 g/mol. The Bertz CT molecular complexity index is 511. The SMILES string of the molecule is CCCCCCCCCCc1cc(CCCCCCCCCC)cc(CC(=O)O)c1. The van der Waals surface area contributed by atoms with Gasteiger partial charge in [-0.1, -0.05) is 122 Å². The predicted molar refractivity (Wildman–Crippen MR) is 130 cm³/mol. The van der Waals surface area contributed by atoms with Gasteiger partial charge in [-0.2, -0.15) is 0 Å². The maximum atomic E-state index is 11.2. The minimum Gasteiger partial charge on any atom is -0.481 e. The highest BCUT2D eigenvalue weighted by atomic mass is 16.4. The summed E-state index contributed by atoms with van der Waals surface area (Å²) in [5.41, 5.74) is 3.66. The van der Waals surface area contributed by atoms with Crippen LogP contribution in [0, 0.1) is 0 Å². The molecule has 172 valence electrons. The van der Waals surface area contributed by atoms with Crippen LogP contribution >= 0.6 is 0 Å². The van der Waals surface area contributed by atoms with E-state index in [1.54, 1.807) is 0 Å². The molecule has 2 nitrogen and oxygen atoms in total. The van der Waals surface area contributed by atoms with E-state index in [1.165, 1.54) is 114 Å². The van der Waals surface area contributed by atoms with Crippen molar-refractivity contribution in [1.29, 1.82) is 0 Å². The fourth-order valence-electron chi connectivity index (χ4n) is 4.33. The van der Waals surface area contributed by atoms with Crippen LogP contribution in [0.4, 0.5) is 0 Å². The Morgan fingerprint density at radius 1 is 0.567 bits per heavy atom. The highest BCUT2D eigenvalue weighted by Gasteiger charge is 2.06. The third kappa shape index (κ3) is 14.6. The van der Waals surface area contributed by atoms with Crippen LogP contribution in [0.1, 0.15) is 133 Å². The van der Waals surface area contributed by atoms with Crippen molar-refractivity contribution >= 4 is 5.97 Å². The van der Waals surface area contributed by atoms with Crippen molar-refractivity contribution in [2.75, 3.05) is 0 Å². The van der Waals surface area contributed by atoms with Gasteiger partial charge in [0.15, 0.2) is 0 Å². The van der Waals surface area contributed by atoms with Crippen LogP contribution in [0.25, 0.3) is 0 Å². The van der Waals surface area contributed by atoms with Gasteiger partial charge in [0, 0.05) is 0 Å². The van der Waals surface area contributed by atoms with Gasteiger partial charge < -0.3 is 5.11 Å². The van der Waals surface area contributed by atoms with E-state index in [-0.39, 0.29) is 6.42 Å². The molecule has 1 rings (SSSR count). The molecule has 0 saturated carbocycles. The minimum absolute atomic E-state index is 0.149. The van der Waals surface area contributed by atoms with E-state index >= 15 is 0 Å². The zero-order valence-electron chi connectivity index (χ0n) is 20.0. The maximum absolute atomic E-state index is 11.2. The fourth-order valence-corrected chi connectivity index (χ4v) is 4.33. The second kappa shape index (κ2) is 18.5. The number of aliphatic carboxylic acids is 1. The normalized spacial score (nSPS) is 11.1. The standard InChI is InChI=1S/C28H48O2/c1-3-5-7-9-11-13-15-17-19-25-21-26(23-27(22-25)24-28(29)30)20-18-16-14-12-10-8-6-4-2/h21-23H,3-20,24H2,1-2H3,(H,29,30). The highest BCUT2D eigenvalue weighted by molar-refractivity contribution is 5.70. The van der Waals surface area contributed by atoms with Gasteiger partial charge in [0.05, 0.1) is 6.42 Å². The van der Waals surface area contributed by atoms with Gasteiger partial charge >= 0.3 is 5.97 Å². The molecule has 1 N–H and O–H groups in total. The Morgan fingerprint density at radius 2 is 0.900 bits per heavy atom. The summed E-state index contributed by atoms with van der Waals surface area (Å²) >= 11 is 0. The lowest BCUT2D eigenvalue weighted by atomic mass is 9.96. The molecular weight excluding hydrogens is 368 g/mol. The molecule has 1 aromatic carbocycles. The van der Waals surface area contributed by atoms with Gasteiger partial charge in [0.2, 0.25) is 0 Å². The fraction of sp³-hybridized carbons (Fsp3) is 0.750. The van der Waals surface area contributed by atoms with E-state index in [0.717, 1.165) is 18.4 Å². The lowest BCUT2D eigenvalue weighted by Crippen LogP contribution is -2.02. The van der Waals surface area contributed by atoms with Crippen LogP contribution in [0.2, 0.25) is 0 Å². The summed E-state index contributed by atoms with van der Waals surface area (Å²) in [4.78, 5) is 11.2. The number of hydrogen-bond acceptors (Lipinski definition) is 1. The van der Waals surface area contributed by atoms with Crippen LogP contribution in [-0.2, 0) is 24.1 Å². The van der Waals surface area contributed by atoms with Crippen molar-refractivity contribution in [1.82, 2.24) is 0 Å². The lowest BCUT2D eigenvalue weighted by Gasteiger charge is -2.10. The summed E-state index contributed by atoms with van der Waals surface area (Å²) in [6.45, 7) is 4.53. The number of benzene rings is 1. The topological polar surface area (TPSA) is 37.3 Å². The van der Waals surface area contributed by atoms with Gasteiger partial charge in [-0.3, -0.25) is 4.79 Å². The molecule has 0 amide bonds. The van der Waals surface area contributed by atoms with Crippen LogP contribution < -0.4 is 0 Å². The molecule has 1 aromatic rings. The van der Waals surface area contributed by atoms with Crippen LogP contribution in [-0.4, -0.2) is 11.1 Å². The quantitative estimate of drug-likeness (QED) is 0.216. The van der Waals surface area contributed by atoms with E-state index < -0.39 is 5.97 Å². The molecule has 0 aliphatic carbocycles. The van der Waals surface area contributed by atoms with Crippen molar-refractivity contribution in [2.24, 2.45) is 0 Å². The first-order valence-corrected chi connectivity index (χ1v) is 13.0. The molecule has 0 atom stereocenters. The third-order valence-electron chi connectivity index (χ3n) is 6.11. The highest BCUT2D eigenvalue weighted by Crippen LogP contribution is 2.18. The van der Waals surface area contributed by atoms with Crippen LogP contribution in [0.15, 0.2) is 18.2 Å². The van der Waals surface area contributed by atoms with E-state index in [1.807, 2.05) is 0 Å². The molecule has 0 unspecified atom stereocenters. The molecule has 0 spiro atoms. The molecule has 30 heavy (non-hydrogen) atoms. The number of hydrogen-bond donors (Lipinski definition) is 1. The Kier molecular flexibility index (Phi) is 16.4. The molecule has 2 heteroatoms. The average Bonchev–Trinajstić information content (AvgIpc) is 2.71. The van der Waals surface area contributed by atoms with Gasteiger partial charge in [0.1, 0.15) is 0 Å². The molecule has 0 heterocycles. The lowest BCUT2D eigenvalue weighted by molar-refractivity contribution is -0.136. The molecule has 0 radical (unpaired) electrons. The van der Waals surface area contributed by atoms with Gasteiger partial charge in [0.25, 0.3) is 0 Å². The van der Waals surface area contributed by atoms with Crippen LogP contribution in [0.3, 0.4) is 0 Å².